The maximum absolute atomic E-state index is 12.1. The van der Waals surface area contributed by atoms with E-state index in [1.54, 1.807) is 0 Å². The summed E-state index contributed by atoms with van der Waals surface area (Å²) in [5.74, 6) is 0.856. The third-order valence-electron chi connectivity index (χ3n) is 2.62. The third kappa shape index (κ3) is 3.84. The van der Waals surface area contributed by atoms with E-state index >= 15 is 0 Å². The molecule has 0 aliphatic rings. The maximum atomic E-state index is 12.1. The van der Waals surface area contributed by atoms with Crippen LogP contribution in [0.4, 0.5) is 0 Å². The lowest BCUT2D eigenvalue weighted by Crippen LogP contribution is -2.17. The molecular weight excluding hydrogens is 228 g/mol. The van der Waals surface area contributed by atoms with Gasteiger partial charge in [0.05, 0.1) is 6.61 Å². The van der Waals surface area contributed by atoms with Gasteiger partial charge in [-0.25, -0.2) is 0 Å². The molecule has 0 fully saturated rings. The van der Waals surface area contributed by atoms with Gasteiger partial charge >= 0.3 is 0 Å². The molecule has 1 aromatic carbocycles. The second-order valence-electron chi connectivity index (χ2n) is 4.02. The lowest BCUT2D eigenvalue weighted by Gasteiger charge is -2.19. The first kappa shape index (κ1) is 14.7. The largest absolute Gasteiger partial charge is 0.493 e. The Morgan fingerprint density at radius 1 is 1.17 bits per heavy atom. The van der Waals surface area contributed by atoms with Gasteiger partial charge in [0.25, 0.3) is 0 Å². The summed E-state index contributed by atoms with van der Waals surface area (Å²) in [5, 5.41) is 0. The number of benzene rings is 1. The number of carbonyl (C=O) groups excluding carboxylic acids is 1. The summed E-state index contributed by atoms with van der Waals surface area (Å²) in [5.41, 5.74) is 0.833. The van der Waals surface area contributed by atoms with Crippen molar-refractivity contribution in [3.05, 3.63) is 29.8 Å². The molecule has 0 aromatic heterocycles. The molecule has 3 heteroatoms. The number of hydrogen-bond donors (Lipinski definition) is 0. The van der Waals surface area contributed by atoms with Crippen LogP contribution >= 0.6 is 0 Å². The Balaban J connectivity index is 3.00. The maximum Gasteiger partial charge on any atom is 0.166 e. The van der Waals surface area contributed by atoms with Crippen LogP contribution < -0.4 is 4.74 Å². The lowest BCUT2D eigenvalue weighted by molar-refractivity contribution is -0.130. The van der Waals surface area contributed by atoms with Gasteiger partial charge in [0, 0.05) is 18.6 Å². The van der Waals surface area contributed by atoms with E-state index in [1.165, 1.54) is 0 Å². The average Bonchev–Trinajstić information content (AvgIpc) is 2.37. The Bertz CT molecular complexity index is 374. The van der Waals surface area contributed by atoms with Crippen molar-refractivity contribution < 1.29 is 14.3 Å². The zero-order chi connectivity index (χ0) is 13.4. The summed E-state index contributed by atoms with van der Waals surface area (Å²) in [6.45, 7) is 6.92. The summed E-state index contributed by atoms with van der Waals surface area (Å²) in [6, 6.07) is 7.59. The zero-order valence-electron chi connectivity index (χ0n) is 11.4. The van der Waals surface area contributed by atoms with Gasteiger partial charge in [0.15, 0.2) is 5.78 Å². The highest BCUT2D eigenvalue weighted by atomic mass is 16.5. The predicted molar refractivity (Wildman–Crippen MR) is 71.9 cm³/mol. The van der Waals surface area contributed by atoms with Crippen LogP contribution in [0.25, 0.3) is 0 Å². The molecule has 0 spiro atoms. The molecule has 0 N–H and O–H groups in total. The smallest absolute Gasteiger partial charge is 0.166 e. The molecule has 3 nitrogen and oxygen atoms in total. The minimum Gasteiger partial charge on any atom is -0.493 e. The Morgan fingerprint density at radius 2 is 1.89 bits per heavy atom. The highest BCUT2D eigenvalue weighted by molar-refractivity contribution is 5.85. The van der Waals surface area contributed by atoms with Crippen molar-refractivity contribution in [2.75, 3.05) is 13.2 Å². The van der Waals surface area contributed by atoms with Crippen LogP contribution in [-0.4, -0.2) is 19.0 Å². The second kappa shape index (κ2) is 7.88. The number of rotatable bonds is 8. The molecule has 0 aliphatic heterocycles. The predicted octanol–water partition coefficient (Wildman–Crippen LogP) is 3.53. The molecule has 0 amide bonds. The third-order valence-corrected chi connectivity index (χ3v) is 2.62. The molecule has 100 valence electrons. The normalized spacial score (nSPS) is 12.2. The van der Waals surface area contributed by atoms with Gasteiger partial charge in [0.2, 0.25) is 0 Å². The van der Waals surface area contributed by atoms with Crippen molar-refractivity contribution in [3.8, 4) is 5.75 Å². The standard InChI is InChI=1S/C15H22O3/c1-4-9-13(16)15(18-6-3)12-10-7-8-11-14(12)17-5-2/h7-8,10-11,15H,4-6,9H2,1-3H3. The van der Waals surface area contributed by atoms with E-state index in [1.807, 2.05) is 45.0 Å². The van der Waals surface area contributed by atoms with Gasteiger partial charge in [-0.1, -0.05) is 25.1 Å². The number of Topliss-reactive ketones (excluding diaryl/α,β-unsaturated/α-hetero) is 1. The Labute approximate surface area is 109 Å². The summed E-state index contributed by atoms with van der Waals surface area (Å²) < 4.78 is 11.2. The van der Waals surface area contributed by atoms with Crippen molar-refractivity contribution in [2.24, 2.45) is 0 Å². The number of ether oxygens (including phenoxy) is 2. The van der Waals surface area contributed by atoms with Crippen LogP contribution in [-0.2, 0) is 9.53 Å². The fourth-order valence-electron chi connectivity index (χ4n) is 1.88. The molecule has 1 aromatic rings. The van der Waals surface area contributed by atoms with Crippen LogP contribution in [0.2, 0.25) is 0 Å². The first-order valence-corrected chi connectivity index (χ1v) is 6.60. The topological polar surface area (TPSA) is 35.5 Å². The fourth-order valence-corrected chi connectivity index (χ4v) is 1.88. The molecule has 0 radical (unpaired) electrons. The van der Waals surface area contributed by atoms with E-state index < -0.39 is 6.10 Å². The SMILES string of the molecule is CCCC(=O)C(OCC)c1ccccc1OCC. The monoisotopic (exact) mass is 250 g/mol. The first-order valence-electron chi connectivity index (χ1n) is 6.60. The molecule has 0 saturated heterocycles. The van der Waals surface area contributed by atoms with Gasteiger partial charge in [0.1, 0.15) is 11.9 Å². The van der Waals surface area contributed by atoms with Crippen LogP contribution in [0.5, 0.6) is 5.75 Å². The van der Waals surface area contributed by atoms with Crippen molar-refractivity contribution >= 4 is 5.78 Å². The van der Waals surface area contributed by atoms with Gasteiger partial charge < -0.3 is 9.47 Å². The average molecular weight is 250 g/mol. The molecule has 0 bridgehead atoms. The quantitative estimate of drug-likeness (QED) is 0.708. The van der Waals surface area contributed by atoms with Gasteiger partial charge in [-0.3, -0.25) is 4.79 Å². The van der Waals surface area contributed by atoms with E-state index in [2.05, 4.69) is 0 Å². The Hall–Kier alpha value is -1.35. The van der Waals surface area contributed by atoms with E-state index in [0.29, 0.717) is 19.6 Å². The van der Waals surface area contributed by atoms with Crippen molar-refractivity contribution in [3.63, 3.8) is 0 Å². The molecule has 1 rings (SSSR count). The van der Waals surface area contributed by atoms with E-state index in [0.717, 1.165) is 17.7 Å². The molecule has 1 atom stereocenters. The number of para-hydroxylation sites is 1. The number of hydrogen-bond acceptors (Lipinski definition) is 3. The highest BCUT2D eigenvalue weighted by Crippen LogP contribution is 2.29. The Kier molecular flexibility index (Phi) is 6.44. The molecule has 0 heterocycles. The van der Waals surface area contributed by atoms with E-state index in [9.17, 15) is 4.79 Å². The first-order chi connectivity index (χ1) is 8.74. The lowest BCUT2D eigenvalue weighted by atomic mass is 10.0. The second-order valence-corrected chi connectivity index (χ2v) is 4.02. The van der Waals surface area contributed by atoms with Crippen LogP contribution in [0, 0.1) is 0 Å². The molecule has 1 unspecified atom stereocenters. The minimum atomic E-state index is -0.502. The zero-order valence-corrected chi connectivity index (χ0v) is 11.4. The summed E-state index contributed by atoms with van der Waals surface area (Å²) in [6.07, 6.45) is 0.863. The molecular formula is C15H22O3. The van der Waals surface area contributed by atoms with Gasteiger partial charge in [-0.05, 0) is 26.3 Å². The summed E-state index contributed by atoms with van der Waals surface area (Å²) in [7, 11) is 0. The van der Waals surface area contributed by atoms with Crippen molar-refractivity contribution in [2.45, 2.75) is 39.7 Å². The molecule has 0 aliphatic carbocycles. The highest BCUT2D eigenvalue weighted by Gasteiger charge is 2.23. The van der Waals surface area contributed by atoms with Crippen LogP contribution in [0.3, 0.4) is 0 Å². The number of carbonyl (C=O) groups is 1. The summed E-state index contributed by atoms with van der Waals surface area (Å²) in [4.78, 5) is 12.1. The van der Waals surface area contributed by atoms with Gasteiger partial charge in [-0.2, -0.15) is 0 Å². The van der Waals surface area contributed by atoms with Gasteiger partial charge in [-0.15, -0.1) is 0 Å². The van der Waals surface area contributed by atoms with Crippen LogP contribution in [0.15, 0.2) is 24.3 Å². The van der Waals surface area contributed by atoms with E-state index in [4.69, 9.17) is 9.47 Å². The van der Waals surface area contributed by atoms with E-state index in [-0.39, 0.29) is 5.78 Å². The van der Waals surface area contributed by atoms with Crippen molar-refractivity contribution in [1.82, 2.24) is 0 Å². The Morgan fingerprint density at radius 3 is 2.50 bits per heavy atom. The number of ketones is 1. The van der Waals surface area contributed by atoms with Crippen LogP contribution in [0.1, 0.15) is 45.3 Å². The molecule has 18 heavy (non-hydrogen) atoms. The molecule has 0 saturated carbocycles. The summed E-state index contributed by atoms with van der Waals surface area (Å²) >= 11 is 0. The van der Waals surface area contributed by atoms with Crippen molar-refractivity contribution in [1.29, 1.82) is 0 Å². The fraction of sp³-hybridized carbons (Fsp3) is 0.533. The minimum absolute atomic E-state index is 0.117.